The first-order chi connectivity index (χ1) is 13.1. The van der Waals surface area contributed by atoms with E-state index < -0.39 is 35.7 Å². The summed E-state index contributed by atoms with van der Waals surface area (Å²) in [5.41, 5.74) is 0.218. The number of benzene rings is 1. The first-order valence-corrected chi connectivity index (χ1v) is 9.33. The molecule has 1 aliphatic carbocycles. The SMILES string of the molecule is CC(C)(C)OC(=O)NC1CC[C@@H](NC(=O)OCc2ccccc2)[C@H](C(=O)O)C1. The minimum absolute atomic E-state index is 0.111. The molecule has 0 heterocycles. The second kappa shape index (κ2) is 9.43. The molecule has 154 valence electrons. The van der Waals surface area contributed by atoms with E-state index in [0.717, 1.165) is 5.56 Å². The van der Waals surface area contributed by atoms with E-state index in [0.29, 0.717) is 12.8 Å². The summed E-state index contributed by atoms with van der Waals surface area (Å²) in [5, 5.41) is 14.9. The number of aliphatic carboxylic acids is 1. The van der Waals surface area contributed by atoms with Crippen LogP contribution in [0.5, 0.6) is 0 Å². The normalized spacial score (nSPS) is 22.0. The maximum atomic E-state index is 12.1. The minimum atomic E-state index is -1.02. The highest BCUT2D eigenvalue weighted by atomic mass is 16.6. The Bertz CT molecular complexity index is 686. The highest BCUT2D eigenvalue weighted by Crippen LogP contribution is 2.26. The Morgan fingerprint density at radius 3 is 2.36 bits per heavy atom. The summed E-state index contributed by atoms with van der Waals surface area (Å²) in [4.78, 5) is 35.6. The van der Waals surface area contributed by atoms with Crippen molar-refractivity contribution in [3.8, 4) is 0 Å². The Labute approximate surface area is 164 Å². The van der Waals surface area contributed by atoms with E-state index in [1.165, 1.54) is 0 Å². The Hall–Kier alpha value is -2.77. The van der Waals surface area contributed by atoms with Crippen LogP contribution in [0.4, 0.5) is 9.59 Å². The number of carbonyl (C=O) groups is 3. The van der Waals surface area contributed by atoms with E-state index in [4.69, 9.17) is 9.47 Å². The van der Waals surface area contributed by atoms with Gasteiger partial charge < -0.3 is 25.2 Å². The standard InChI is InChI=1S/C20H28N2O6/c1-20(2,3)28-19(26)21-14-9-10-16(15(11-14)17(23)24)22-18(25)27-12-13-7-5-4-6-8-13/h4-8,14-16H,9-12H2,1-3H3,(H,21,26)(H,22,25)(H,23,24)/t14?,15-,16-/m1/s1. The third kappa shape index (κ3) is 7.09. The molecule has 28 heavy (non-hydrogen) atoms. The van der Waals surface area contributed by atoms with Crippen LogP contribution in [-0.2, 0) is 20.9 Å². The molecule has 0 aliphatic heterocycles. The Kier molecular flexibility index (Phi) is 7.25. The number of carboxylic acid groups (broad SMARTS) is 1. The number of nitrogens with one attached hydrogen (secondary N) is 2. The van der Waals surface area contributed by atoms with Crippen molar-refractivity contribution in [1.29, 1.82) is 0 Å². The largest absolute Gasteiger partial charge is 0.481 e. The molecule has 8 nitrogen and oxygen atoms in total. The maximum absolute atomic E-state index is 12.1. The molecule has 1 aliphatic rings. The molecular formula is C20H28N2O6. The molecule has 3 atom stereocenters. The zero-order valence-corrected chi connectivity index (χ0v) is 16.4. The van der Waals surface area contributed by atoms with Gasteiger partial charge in [0.05, 0.1) is 5.92 Å². The number of ether oxygens (including phenoxy) is 2. The predicted octanol–water partition coefficient (Wildman–Crippen LogP) is 3.06. The monoisotopic (exact) mass is 392 g/mol. The first kappa shape index (κ1) is 21.5. The lowest BCUT2D eigenvalue weighted by Crippen LogP contribution is -2.51. The van der Waals surface area contributed by atoms with Crippen molar-refractivity contribution < 1.29 is 29.0 Å². The molecule has 1 aromatic carbocycles. The zero-order chi connectivity index (χ0) is 20.7. The number of hydrogen-bond acceptors (Lipinski definition) is 5. The van der Waals surface area contributed by atoms with Crippen molar-refractivity contribution in [3.63, 3.8) is 0 Å². The van der Waals surface area contributed by atoms with Gasteiger partial charge in [0.1, 0.15) is 12.2 Å². The van der Waals surface area contributed by atoms with E-state index in [1.807, 2.05) is 30.3 Å². The molecule has 3 N–H and O–H groups in total. The number of rotatable bonds is 5. The Morgan fingerprint density at radius 1 is 1.07 bits per heavy atom. The summed E-state index contributed by atoms with van der Waals surface area (Å²) in [7, 11) is 0. The summed E-state index contributed by atoms with van der Waals surface area (Å²) >= 11 is 0. The van der Waals surface area contributed by atoms with Crippen LogP contribution in [0.2, 0.25) is 0 Å². The number of alkyl carbamates (subject to hydrolysis) is 2. The Balaban J connectivity index is 1.85. The van der Waals surface area contributed by atoms with Crippen molar-refractivity contribution in [1.82, 2.24) is 10.6 Å². The molecule has 0 bridgehead atoms. The average molecular weight is 392 g/mol. The number of hydrogen-bond donors (Lipinski definition) is 3. The lowest BCUT2D eigenvalue weighted by atomic mass is 9.81. The zero-order valence-electron chi connectivity index (χ0n) is 16.4. The van der Waals surface area contributed by atoms with Gasteiger partial charge in [-0.2, -0.15) is 0 Å². The average Bonchev–Trinajstić information content (AvgIpc) is 2.60. The highest BCUT2D eigenvalue weighted by Gasteiger charge is 2.37. The fourth-order valence-electron chi connectivity index (χ4n) is 3.14. The van der Waals surface area contributed by atoms with Crippen LogP contribution in [0.15, 0.2) is 30.3 Å². The van der Waals surface area contributed by atoms with Gasteiger partial charge >= 0.3 is 18.2 Å². The topological polar surface area (TPSA) is 114 Å². The van der Waals surface area contributed by atoms with Gasteiger partial charge in [-0.05, 0) is 45.6 Å². The maximum Gasteiger partial charge on any atom is 0.407 e. The molecule has 0 saturated heterocycles. The van der Waals surface area contributed by atoms with E-state index >= 15 is 0 Å². The molecule has 0 aromatic heterocycles. The van der Waals surface area contributed by atoms with Gasteiger partial charge in [-0.1, -0.05) is 30.3 Å². The number of amides is 2. The smallest absolute Gasteiger partial charge is 0.407 e. The molecule has 8 heteroatoms. The summed E-state index contributed by atoms with van der Waals surface area (Å²) in [6.07, 6.45) is -0.0723. The molecule has 1 fully saturated rings. The van der Waals surface area contributed by atoms with E-state index in [2.05, 4.69) is 10.6 Å². The molecule has 1 unspecified atom stereocenters. The van der Waals surface area contributed by atoms with E-state index in [9.17, 15) is 19.5 Å². The van der Waals surface area contributed by atoms with Crippen LogP contribution >= 0.6 is 0 Å². The van der Waals surface area contributed by atoms with Crippen LogP contribution < -0.4 is 10.6 Å². The van der Waals surface area contributed by atoms with Gasteiger partial charge in [-0.25, -0.2) is 9.59 Å². The molecule has 1 aromatic rings. The molecule has 0 radical (unpaired) electrons. The van der Waals surface area contributed by atoms with E-state index in [1.54, 1.807) is 20.8 Å². The number of carboxylic acids is 1. The lowest BCUT2D eigenvalue weighted by Gasteiger charge is -2.34. The first-order valence-electron chi connectivity index (χ1n) is 9.33. The van der Waals surface area contributed by atoms with Gasteiger partial charge in [-0.15, -0.1) is 0 Å². The second-order valence-electron chi connectivity index (χ2n) is 7.91. The lowest BCUT2D eigenvalue weighted by molar-refractivity contribution is -0.144. The molecule has 2 amide bonds. The van der Waals surface area contributed by atoms with Crippen LogP contribution in [0, 0.1) is 5.92 Å². The molecule has 1 saturated carbocycles. The van der Waals surface area contributed by atoms with Crippen LogP contribution in [0.25, 0.3) is 0 Å². The van der Waals surface area contributed by atoms with Crippen molar-refractivity contribution in [3.05, 3.63) is 35.9 Å². The molecular weight excluding hydrogens is 364 g/mol. The van der Waals surface area contributed by atoms with Crippen LogP contribution in [0.3, 0.4) is 0 Å². The summed E-state index contributed by atoms with van der Waals surface area (Å²) in [6, 6.07) is 8.34. The fourth-order valence-corrected chi connectivity index (χ4v) is 3.14. The van der Waals surface area contributed by atoms with Crippen molar-refractivity contribution in [2.75, 3.05) is 0 Å². The number of carbonyl (C=O) groups excluding carboxylic acids is 2. The third-order valence-electron chi connectivity index (χ3n) is 4.40. The quantitative estimate of drug-likeness (QED) is 0.710. The van der Waals surface area contributed by atoms with Crippen molar-refractivity contribution in [2.24, 2.45) is 5.92 Å². The molecule has 0 spiro atoms. The summed E-state index contributed by atoms with van der Waals surface area (Å²) in [6.45, 7) is 5.39. The second-order valence-corrected chi connectivity index (χ2v) is 7.91. The van der Waals surface area contributed by atoms with Crippen molar-refractivity contribution >= 4 is 18.2 Å². The molecule has 2 rings (SSSR count). The fraction of sp³-hybridized carbons (Fsp3) is 0.550. The van der Waals surface area contributed by atoms with Crippen LogP contribution in [-0.4, -0.2) is 40.9 Å². The highest BCUT2D eigenvalue weighted by molar-refractivity contribution is 5.74. The van der Waals surface area contributed by atoms with Crippen LogP contribution in [0.1, 0.15) is 45.6 Å². The van der Waals surface area contributed by atoms with Gasteiger partial charge in [-0.3, -0.25) is 4.79 Å². The van der Waals surface area contributed by atoms with Gasteiger partial charge in [0, 0.05) is 12.1 Å². The predicted molar refractivity (Wildman–Crippen MR) is 102 cm³/mol. The minimum Gasteiger partial charge on any atom is -0.481 e. The summed E-state index contributed by atoms with van der Waals surface area (Å²) in [5.74, 6) is -1.85. The summed E-state index contributed by atoms with van der Waals surface area (Å²) < 4.78 is 10.4. The van der Waals surface area contributed by atoms with Gasteiger partial charge in [0.15, 0.2) is 0 Å². The van der Waals surface area contributed by atoms with Gasteiger partial charge in [0.25, 0.3) is 0 Å². The van der Waals surface area contributed by atoms with E-state index in [-0.39, 0.29) is 19.1 Å². The third-order valence-corrected chi connectivity index (χ3v) is 4.40. The van der Waals surface area contributed by atoms with Crippen molar-refractivity contribution in [2.45, 2.75) is 64.3 Å². The van der Waals surface area contributed by atoms with Gasteiger partial charge in [0.2, 0.25) is 0 Å². The Morgan fingerprint density at radius 2 is 1.75 bits per heavy atom.